The average molecular weight is 426 g/mol. The van der Waals surface area contributed by atoms with Gasteiger partial charge in [-0.3, -0.25) is 14.3 Å². The van der Waals surface area contributed by atoms with Crippen molar-refractivity contribution in [3.05, 3.63) is 39.8 Å². The molecule has 1 atom stereocenters. The number of aryl methyl sites for hydroxylation is 1. The molecule has 5 rings (SSSR count). The lowest BCUT2D eigenvalue weighted by Gasteiger charge is -2.34. The van der Waals surface area contributed by atoms with E-state index in [0.717, 1.165) is 61.1 Å². The molecule has 2 aliphatic rings. The average Bonchev–Trinajstić information content (AvgIpc) is 3.43. The van der Waals surface area contributed by atoms with E-state index in [-0.39, 0.29) is 24.9 Å². The summed E-state index contributed by atoms with van der Waals surface area (Å²) in [6, 6.07) is 3.95. The maximum Gasteiger partial charge on any atom is 0.259 e. The fraction of sp³-hybridized carbons (Fsp3) is 0.522. The molecule has 8 heteroatoms. The minimum absolute atomic E-state index is 0. The zero-order chi connectivity index (χ0) is 20.8. The van der Waals surface area contributed by atoms with Crippen molar-refractivity contribution in [1.82, 2.24) is 24.6 Å². The van der Waals surface area contributed by atoms with Crippen LogP contribution in [-0.4, -0.2) is 76.4 Å². The van der Waals surface area contributed by atoms with Gasteiger partial charge in [-0.1, -0.05) is 14.4 Å². The molecule has 0 spiro atoms. The maximum absolute atomic E-state index is 13.3. The number of likely N-dealkylation sites (N-methyl/N-ethyl adjacent to an activating group) is 1. The lowest BCUT2D eigenvalue weighted by molar-refractivity contribution is 0.0643. The number of H-pyrrole nitrogens is 1. The fourth-order valence-corrected chi connectivity index (χ4v) is 4.65. The number of aromatic amines is 1. The highest BCUT2D eigenvalue weighted by Gasteiger charge is 2.25. The van der Waals surface area contributed by atoms with Crippen LogP contribution in [-0.2, 0) is 4.74 Å². The van der Waals surface area contributed by atoms with Gasteiger partial charge in [-0.2, -0.15) is 5.10 Å². The lowest BCUT2D eigenvalue weighted by atomic mass is 10.0. The number of pyridine rings is 1. The summed E-state index contributed by atoms with van der Waals surface area (Å²) in [4.78, 5) is 33.2. The molecule has 4 heterocycles. The zero-order valence-electron chi connectivity index (χ0n) is 17.5. The van der Waals surface area contributed by atoms with Crippen LogP contribution in [0.1, 0.15) is 42.7 Å². The molecule has 0 saturated carbocycles. The van der Waals surface area contributed by atoms with Gasteiger partial charge in [0.15, 0.2) is 0 Å². The number of fused-ring (bicyclic) bond motifs is 3. The largest absolute Gasteiger partial charge is 0.379 e. The number of hydrogen-bond donors (Lipinski definition) is 1. The Labute approximate surface area is 181 Å². The van der Waals surface area contributed by atoms with E-state index in [2.05, 4.69) is 21.9 Å². The van der Waals surface area contributed by atoms with Crippen LogP contribution in [0, 0.1) is 6.92 Å². The highest BCUT2D eigenvalue weighted by atomic mass is 16.5. The number of rotatable bonds is 3. The van der Waals surface area contributed by atoms with E-state index < -0.39 is 0 Å². The third kappa shape index (κ3) is 3.64. The van der Waals surface area contributed by atoms with Crippen molar-refractivity contribution in [1.29, 1.82) is 0 Å². The van der Waals surface area contributed by atoms with Gasteiger partial charge in [0.05, 0.1) is 35.3 Å². The molecule has 31 heavy (non-hydrogen) atoms. The number of ether oxygens (including phenoxy) is 1. The molecule has 166 valence electrons. The summed E-state index contributed by atoms with van der Waals surface area (Å²) < 4.78 is 7.45. The van der Waals surface area contributed by atoms with Crippen LogP contribution in [0.3, 0.4) is 0 Å². The van der Waals surface area contributed by atoms with Crippen molar-refractivity contribution < 1.29 is 9.53 Å². The van der Waals surface area contributed by atoms with Crippen molar-refractivity contribution in [3.63, 3.8) is 0 Å². The lowest BCUT2D eigenvalue weighted by Crippen LogP contribution is -2.48. The summed E-state index contributed by atoms with van der Waals surface area (Å²) in [5, 5.41) is 5.91. The molecule has 8 nitrogen and oxygen atoms in total. The predicted molar refractivity (Wildman–Crippen MR) is 122 cm³/mol. The van der Waals surface area contributed by atoms with Crippen LogP contribution in [0.15, 0.2) is 23.1 Å². The molecule has 0 bridgehead atoms. The Hall–Kier alpha value is -2.71. The summed E-state index contributed by atoms with van der Waals surface area (Å²) >= 11 is 0. The first-order valence-electron chi connectivity index (χ1n) is 10.7. The van der Waals surface area contributed by atoms with E-state index in [1.54, 1.807) is 6.20 Å². The zero-order valence-corrected chi connectivity index (χ0v) is 17.5. The van der Waals surface area contributed by atoms with Crippen LogP contribution in [0.4, 0.5) is 0 Å². The standard InChI is InChI=1S/C22H27N5O3.CH4/c1-3-25-5-7-26(8-6-25)22(29)16-11-17-19(10-14(16)2)24-21(28)18-12-23-27(20(17)18)15-4-9-30-13-15;/h10-12,15H,3-9,13H2,1-2H3,(H,24,28);1H4/t15-;/m0./s1. The topological polar surface area (TPSA) is 83.5 Å². The second-order valence-electron chi connectivity index (χ2n) is 8.26. The molecule has 2 fully saturated rings. The molecule has 0 radical (unpaired) electrons. The second-order valence-corrected chi connectivity index (χ2v) is 8.26. The molecule has 1 aromatic carbocycles. The van der Waals surface area contributed by atoms with Crippen LogP contribution in [0.25, 0.3) is 21.8 Å². The molecular formula is C23H31N5O3. The van der Waals surface area contributed by atoms with E-state index in [4.69, 9.17) is 4.74 Å². The Kier molecular flexibility index (Phi) is 5.85. The number of carbonyl (C=O) groups is 1. The van der Waals surface area contributed by atoms with Crippen molar-refractivity contribution in [2.45, 2.75) is 33.7 Å². The van der Waals surface area contributed by atoms with Crippen molar-refractivity contribution in [2.24, 2.45) is 0 Å². The first kappa shape index (κ1) is 21.5. The summed E-state index contributed by atoms with van der Waals surface area (Å²) in [6.45, 7) is 9.66. The van der Waals surface area contributed by atoms with Gasteiger partial charge in [-0.05, 0) is 37.6 Å². The molecule has 2 saturated heterocycles. The van der Waals surface area contributed by atoms with E-state index in [1.165, 1.54) is 0 Å². The van der Waals surface area contributed by atoms with Crippen molar-refractivity contribution in [3.8, 4) is 0 Å². The number of nitrogens with zero attached hydrogens (tertiary/aromatic N) is 4. The van der Waals surface area contributed by atoms with E-state index in [9.17, 15) is 9.59 Å². The first-order valence-corrected chi connectivity index (χ1v) is 10.7. The van der Waals surface area contributed by atoms with Gasteiger partial charge < -0.3 is 19.5 Å². The van der Waals surface area contributed by atoms with Crippen LogP contribution in [0.5, 0.6) is 0 Å². The molecule has 0 aliphatic carbocycles. The number of carbonyl (C=O) groups excluding carboxylic acids is 1. The van der Waals surface area contributed by atoms with E-state index >= 15 is 0 Å². The highest BCUT2D eigenvalue weighted by molar-refractivity contribution is 6.07. The van der Waals surface area contributed by atoms with Gasteiger partial charge in [-0.15, -0.1) is 0 Å². The van der Waals surface area contributed by atoms with Crippen LogP contribution in [0.2, 0.25) is 0 Å². The van der Waals surface area contributed by atoms with Crippen LogP contribution >= 0.6 is 0 Å². The number of piperazine rings is 1. The monoisotopic (exact) mass is 425 g/mol. The number of hydrogen-bond acceptors (Lipinski definition) is 5. The van der Waals surface area contributed by atoms with Crippen molar-refractivity contribution >= 4 is 27.7 Å². The summed E-state index contributed by atoms with van der Waals surface area (Å²) in [5.41, 5.74) is 2.93. The van der Waals surface area contributed by atoms with Gasteiger partial charge in [0.25, 0.3) is 11.5 Å². The Morgan fingerprint density at radius 1 is 1.23 bits per heavy atom. The second kappa shape index (κ2) is 8.43. The van der Waals surface area contributed by atoms with Gasteiger partial charge in [0.2, 0.25) is 0 Å². The molecule has 2 aromatic heterocycles. The fourth-order valence-electron chi connectivity index (χ4n) is 4.65. The smallest absolute Gasteiger partial charge is 0.259 e. The molecule has 1 N–H and O–H groups in total. The Morgan fingerprint density at radius 2 is 2.00 bits per heavy atom. The highest BCUT2D eigenvalue weighted by Crippen LogP contribution is 2.29. The Morgan fingerprint density at radius 3 is 2.68 bits per heavy atom. The third-order valence-corrected chi connectivity index (χ3v) is 6.50. The number of benzene rings is 1. The Bertz CT molecular complexity index is 1170. The van der Waals surface area contributed by atoms with Crippen molar-refractivity contribution in [2.75, 3.05) is 45.9 Å². The minimum atomic E-state index is -0.156. The quantitative estimate of drug-likeness (QED) is 0.697. The van der Waals surface area contributed by atoms with E-state index in [1.807, 2.05) is 28.6 Å². The molecule has 3 aromatic rings. The Balaban J connectivity index is 0.00000231. The van der Waals surface area contributed by atoms with Gasteiger partial charge in [0.1, 0.15) is 0 Å². The summed E-state index contributed by atoms with van der Waals surface area (Å²) in [7, 11) is 0. The number of amides is 1. The molecule has 2 aliphatic heterocycles. The van der Waals surface area contributed by atoms with Gasteiger partial charge in [-0.25, -0.2) is 0 Å². The minimum Gasteiger partial charge on any atom is -0.379 e. The summed E-state index contributed by atoms with van der Waals surface area (Å²) in [6.07, 6.45) is 2.49. The number of aromatic nitrogens is 3. The normalized spacial score (nSPS) is 19.8. The van der Waals surface area contributed by atoms with Gasteiger partial charge in [0, 0.05) is 43.7 Å². The number of nitrogens with one attached hydrogen (secondary N) is 1. The van der Waals surface area contributed by atoms with Crippen LogP contribution < -0.4 is 5.56 Å². The summed E-state index contributed by atoms with van der Waals surface area (Å²) in [5.74, 6) is 0.0553. The van der Waals surface area contributed by atoms with E-state index in [0.29, 0.717) is 24.2 Å². The predicted octanol–water partition coefficient (Wildman–Crippen LogP) is 2.56. The van der Waals surface area contributed by atoms with Gasteiger partial charge >= 0.3 is 0 Å². The maximum atomic E-state index is 13.3. The molecule has 1 amide bonds. The molecular weight excluding hydrogens is 394 g/mol. The third-order valence-electron chi connectivity index (χ3n) is 6.50. The SMILES string of the molecule is C.CCN1CCN(C(=O)c2cc3c(cc2C)[nH]c(=O)c2cnn([C@H]4CCOC4)c23)CC1. The first-order chi connectivity index (χ1) is 14.6. The molecule has 0 unspecified atom stereocenters.